The van der Waals surface area contributed by atoms with Crippen LogP contribution in [0.2, 0.25) is 0 Å². The largest absolute Gasteiger partial charge is 0.495 e. The number of nitrogens with one attached hydrogen (secondary N) is 2. The van der Waals surface area contributed by atoms with E-state index in [1.165, 1.54) is 0 Å². The number of anilines is 1. The van der Waals surface area contributed by atoms with Gasteiger partial charge in [0.2, 0.25) is 5.96 Å². The van der Waals surface area contributed by atoms with Crippen molar-refractivity contribution in [3.8, 4) is 5.75 Å². The molecule has 0 aliphatic heterocycles. The highest BCUT2D eigenvalue weighted by Gasteiger charge is 2.08. The first-order chi connectivity index (χ1) is 8.97. The van der Waals surface area contributed by atoms with Crippen LogP contribution in [0.15, 0.2) is 26.1 Å². The van der Waals surface area contributed by atoms with E-state index in [-0.39, 0.29) is 0 Å². The van der Waals surface area contributed by atoms with Crippen molar-refractivity contribution < 1.29 is 4.74 Å². The number of hydrogen-bond donors (Lipinski definition) is 3. The molecule has 0 aromatic heterocycles. The molecule has 0 unspecified atom stereocenters. The Morgan fingerprint density at radius 3 is 2.58 bits per heavy atom. The molecule has 1 rings (SSSR count). The Bertz CT molecular complexity index is 463. The van der Waals surface area contributed by atoms with Gasteiger partial charge in [-0.15, -0.1) is 0 Å². The van der Waals surface area contributed by atoms with Crippen LogP contribution in [-0.4, -0.2) is 19.6 Å². The predicted octanol–water partition coefficient (Wildman–Crippen LogP) is 3.11. The molecule has 1 aromatic rings. The number of hydrazine groups is 1. The van der Waals surface area contributed by atoms with Crippen LogP contribution in [0.25, 0.3) is 0 Å². The average molecular weight is 394 g/mol. The van der Waals surface area contributed by atoms with Gasteiger partial charge in [0, 0.05) is 17.1 Å². The van der Waals surface area contributed by atoms with E-state index in [2.05, 4.69) is 61.4 Å². The number of methoxy groups -OCH3 is 1. The summed E-state index contributed by atoms with van der Waals surface area (Å²) in [6.45, 7) is 4.88. The smallest absolute Gasteiger partial charge is 0.210 e. The maximum atomic E-state index is 5.46. The minimum atomic E-state index is 0.466. The van der Waals surface area contributed by atoms with Crippen LogP contribution < -0.4 is 21.3 Å². The van der Waals surface area contributed by atoms with E-state index in [1.54, 1.807) is 7.11 Å². The molecule has 5 nitrogen and oxygen atoms in total. The molecule has 0 heterocycles. The van der Waals surface area contributed by atoms with Gasteiger partial charge in [-0.3, -0.25) is 10.4 Å². The van der Waals surface area contributed by atoms with Crippen molar-refractivity contribution in [3.63, 3.8) is 0 Å². The topological polar surface area (TPSA) is 71.7 Å². The highest BCUT2D eigenvalue weighted by molar-refractivity contribution is 9.11. The molecule has 1 aromatic carbocycles. The normalized spacial score (nSPS) is 11.6. The van der Waals surface area contributed by atoms with Crippen molar-refractivity contribution in [1.82, 2.24) is 5.43 Å². The summed E-state index contributed by atoms with van der Waals surface area (Å²) in [6.07, 6.45) is 0. The lowest BCUT2D eigenvalue weighted by atomic mass is 10.2. The summed E-state index contributed by atoms with van der Waals surface area (Å²) in [5, 5.41) is 3.12. The summed E-state index contributed by atoms with van der Waals surface area (Å²) in [7, 11) is 1.62. The SMILES string of the molecule is COc1cc(NC(=NCC(C)C)NN)c(Br)cc1Br. The van der Waals surface area contributed by atoms with Crippen LogP contribution in [0.5, 0.6) is 5.75 Å². The zero-order valence-electron chi connectivity index (χ0n) is 11.1. The zero-order valence-corrected chi connectivity index (χ0v) is 14.3. The van der Waals surface area contributed by atoms with Crippen molar-refractivity contribution in [2.75, 3.05) is 19.0 Å². The van der Waals surface area contributed by atoms with E-state index in [1.807, 2.05) is 12.1 Å². The summed E-state index contributed by atoms with van der Waals surface area (Å²) in [4.78, 5) is 4.35. The molecule has 106 valence electrons. The van der Waals surface area contributed by atoms with Crippen molar-refractivity contribution in [3.05, 3.63) is 21.1 Å². The number of ether oxygens (including phenoxy) is 1. The maximum absolute atomic E-state index is 5.46. The first-order valence-corrected chi connectivity index (χ1v) is 7.37. The number of aliphatic imine (C=N–C) groups is 1. The summed E-state index contributed by atoms with van der Waals surface area (Å²) < 4.78 is 7.01. The quantitative estimate of drug-likeness (QED) is 0.318. The van der Waals surface area contributed by atoms with Gasteiger partial charge in [0.1, 0.15) is 5.75 Å². The van der Waals surface area contributed by atoms with Crippen LogP contribution in [0.1, 0.15) is 13.8 Å². The Morgan fingerprint density at radius 2 is 2.05 bits per heavy atom. The molecular weight excluding hydrogens is 376 g/mol. The minimum Gasteiger partial charge on any atom is -0.495 e. The predicted molar refractivity (Wildman–Crippen MR) is 86.5 cm³/mol. The van der Waals surface area contributed by atoms with E-state index >= 15 is 0 Å². The fourth-order valence-corrected chi connectivity index (χ4v) is 2.56. The third kappa shape index (κ3) is 5.00. The van der Waals surface area contributed by atoms with Gasteiger partial charge in [-0.25, -0.2) is 5.84 Å². The lowest BCUT2D eigenvalue weighted by Crippen LogP contribution is -2.36. The van der Waals surface area contributed by atoms with Crippen molar-refractivity contribution in [1.29, 1.82) is 0 Å². The molecule has 0 bridgehead atoms. The fourth-order valence-electron chi connectivity index (χ4n) is 1.30. The van der Waals surface area contributed by atoms with E-state index in [4.69, 9.17) is 10.6 Å². The fraction of sp³-hybridized carbons (Fsp3) is 0.417. The number of rotatable bonds is 4. The van der Waals surface area contributed by atoms with Gasteiger partial charge in [0.25, 0.3) is 0 Å². The van der Waals surface area contributed by atoms with Gasteiger partial charge >= 0.3 is 0 Å². The molecular formula is C12H18Br2N4O. The molecule has 7 heteroatoms. The maximum Gasteiger partial charge on any atom is 0.210 e. The monoisotopic (exact) mass is 392 g/mol. The highest BCUT2D eigenvalue weighted by Crippen LogP contribution is 2.34. The number of guanidine groups is 1. The zero-order chi connectivity index (χ0) is 14.4. The Morgan fingerprint density at radius 1 is 1.37 bits per heavy atom. The van der Waals surface area contributed by atoms with Crippen LogP contribution in [0.3, 0.4) is 0 Å². The van der Waals surface area contributed by atoms with Gasteiger partial charge in [-0.05, 0) is 43.8 Å². The first-order valence-electron chi connectivity index (χ1n) is 5.79. The lowest BCUT2D eigenvalue weighted by Gasteiger charge is -2.13. The van der Waals surface area contributed by atoms with Crippen molar-refractivity contribution in [2.45, 2.75) is 13.8 Å². The van der Waals surface area contributed by atoms with Gasteiger partial charge < -0.3 is 10.1 Å². The van der Waals surface area contributed by atoms with E-state index in [0.717, 1.165) is 20.4 Å². The van der Waals surface area contributed by atoms with Crippen molar-refractivity contribution >= 4 is 43.5 Å². The second kappa shape index (κ2) is 7.72. The second-order valence-electron chi connectivity index (χ2n) is 4.32. The van der Waals surface area contributed by atoms with Crippen LogP contribution in [0, 0.1) is 5.92 Å². The minimum absolute atomic E-state index is 0.466. The van der Waals surface area contributed by atoms with Gasteiger partial charge in [-0.1, -0.05) is 13.8 Å². The number of halogens is 2. The number of nitrogens with zero attached hydrogens (tertiary/aromatic N) is 1. The summed E-state index contributed by atoms with van der Waals surface area (Å²) in [6, 6.07) is 3.76. The molecule has 0 fully saturated rings. The molecule has 0 spiro atoms. The molecule has 0 saturated heterocycles. The Labute approximate surface area is 130 Å². The van der Waals surface area contributed by atoms with E-state index in [9.17, 15) is 0 Å². The molecule has 0 radical (unpaired) electrons. The molecule has 0 atom stereocenters. The second-order valence-corrected chi connectivity index (χ2v) is 6.03. The van der Waals surface area contributed by atoms with Crippen LogP contribution in [0.4, 0.5) is 5.69 Å². The molecule has 0 saturated carbocycles. The average Bonchev–Trinajstić information content (AvgIpc) is 2.36. The molecule has 0 aliphatic rings. The molecule has 19 heavy (non-hydrogen) atoms. The molecule has 4 N–H and O–H groups in total. The van der Waals surface area contributed by atoms with E-state index < -0.39 is 0 Å². The van der Waals surface area contributed by atoms with Gasteiger partial charge in [0.15, 0.2) is 0 Å². The summed E-state index contributed by atoms with van der Waals surface area (Å²) in [5.41, 5.74) is 3.37. The summed E-state index contributed by atoms with van der Waals surface area (Å²) in [5.74, 6) is 7.16. The summed E-state index contributed by atoms with van der Waals surface area (Å²) >= 11 is 6.90. The Balaban J connectivity index is 2.94. The number of hydrogen-bond acceptors (Lipinski definition) is 3. The number of benzene rings is 1. The lowest BCUT2D eigenvalue weighted by molar-refractivity contribution is 0.412. The third-order valence-corrected chi connectivity index (χ3v) is 3.52. The van der Waals surface area contributed by atoms with Gasteiger partial charge in [-0.2, -0.15) is 0 Å². The highest BCUT2D eigenvalue weighted by atomic mass is 79.9. The molecule has 0 aliphatic carbocycles. The van der Waals surface area contributed by atoms with Gasteiger partial charge in [0.05, 0.1) is 17.3 Å². The third-order valence-electron chi connectivity index (χ3n) is 2.25. The van der Waals surface area contributed by atoms with Crippen molar-refractivity contribution in [2.24, 2.45) is 16.8 Å². The Kier molecular flexibility index (Phi) is 6.60. The molecule has 0 amide bonds. The standard InChI is InChI=1S/C12H18Br2N4O/c1-7(2)6-16-12(18-15)17-10-5-11(19-3)9(14)4-8(10)13/h4-5,7H,6,15H2,1-3H3,(H2,16,17,18). The van der Waals surface area contributed by atoms with E-state index in [0.29, 0.717) is 18.4 Å². The Hall–Kier alpha value is -0.790. The first kappa shape index (κ1) is 16.3. The van der Waals surface area contributed by atoms with Crippen LogP contribution in [-0.2, 0) is 0 Å². The number of nitrogens with two attached hydrogens (primary N) is 1. The van der Waals surface area contributed by atoms with Crippen LogP contribution >= 0.6 is 31.9 Å².